The molecule has 1 atom stereocenters. The van der Waals surface area contributed by atoms with Gasteiger partial charge in [-0.15, -0.1) is 11.3 Å². The highest BCUT2D eigenvalue weighted by molar-refractivity contribution is 7.09. The highest BCUT2D eigenvalue weighted by Gasteiger charge is 2.30. The zero-order chi connectivity index (χ0) is 17.9. The van der Waals surface area contributed by atoms with E-state index in [4.69, 9.17) is 0 Å². The predicted octanol–water partition coefficient (Wildman–Crippen LogP) is 2.96. The average Bonchev–Trinajstić information content (AvgIpc) is 3.32. The van der Waals surface area contributed by atoms with Crippen molar-refractivity contribution in [3.05, 3.63) is 76.0 Å². The molecule has 3 aromatic rings. The van der Waals surface area contributed by atoms with E-state index in [9.17, 15) is 9.18 Å². The van der Waals surface area contributed by atoms with Gasteiger partial charge in [0.05, 0.1) is 12.2 Å². The summed E-state index contributed by atoms with van der Waals surface area (Å²) in [5.41, 5.74) is 2.03. The molecule has 1 aliphatic heterocycles. The first-order valence-corrected chi connectivity index (χ1v) is 9.36. The number of thiophene rings is 1. The molecule has 0 fully saturated rings. The molecule has 7 heteroatoms. The van der Waals surface area contributed by atoms with Crippen LogP contribution in [0.5, 0.6) is 0 Å². The summed E-state index contributed by atoms with van der Waals surface area (Å²) in [5.74, 6) is -0.275. The second-order valence-electron chi connectivity index (χ2n) is 6.38. The summed E-state index contributed by atoms with van der Waals surface area (Å²) in [4.78, 5) is 16.1. The number of carbonyl (C=O) groups is 1. The molecule has 1 aromatic carbocycles. The Labute approximate surface area is 155 Å². The van der Waals surface area contributed by atoms with E-state index in [1.54, 1.807) is 29.7 Å². The Kier molecular flexibility index (Phi) is 4.81. The summed E-state index contributed by atoms with van der Waals surface area (Å²) >= 11 is 1.62. The van der Waals surface area contributed by atoms with E-state index in [0.717, 1.165) is 16.1 Å². The Hall–Kier alpha value is -2.51. The third kappa shape index (κ3) is 3.68. The molecule has 0 spiro atoms. The van der Waals surface area contributed by atoms with Crippen LogP contribution >= 0.6 is 11.3 Å². The van der Waals surface area contributed by atoms with Gasteiger partial charge in [-0.3, -0.25) is 14.4 Å². The summed E-state index contributed by atoms with van der Waals surface area (Å²) < 4.78 is 14.9. The van der Waals surface area contributed by atoms with Crippen LogP contribution in [0.15, 0.2) is 54.0 Å². The number of rotatable bonds is 5. The van der Waals surface area contributed by atoms with Crippen molar-refractivity contribution in [2.45, 2.75) is 25.7 Å². The van der Waals surface area contributed by atoms with Gasteiger partial charge in [0.2, 0.25) is 5.91 Å². The third-order valence-corrected chi connectivity index (χ3v) is 5.38. The Balaban J connectivity index is 1.47. The summed E-state index contributed by atoms with van der Waals surface area (Å²) in [5, 5.41) is 9.35. The molecule has 4 rings (SSSR count). The molecule has 26 heavy (non-hydrogen) atoms. The summed E-state index contributed by atoms with van der Waals surface area (Å²) in [6.45, 7) is 2.48. The first kappa shape index (κ1) is 16.9. The zero-order valence-electron chi connectivity index (χ0n) is 14.1. The second-order valence-corrected chi connectivity index (χ2v) is 7.41. The van der Waals surface area contributed by atoms with Gasteiger partial charge in [0.15, 0.2) is 0 Å². The normalized spacial score (nSPS) is 17.0. The summed E-state index contributed by atoms with van der Waals surface area (Å²) in [6, 6.07) is 12.1. The highest BCUT2D eigenvalue weighted by atomic mass is 32.1. The largest absolute Gasteiger partial charge is 0.349 e. The Morgan fingerprint density at radius 2 is 2.12 bits per heavy atom. The van der Waals surface area contributed by atoms with Crippen LogP contribution < -0.4 is 5.32 Å². The molecule has 1 amide bonds. The number of halogens is 1. The number of benzene rings is 1. The molecular formula is C19H19FN4OS. The maximum Gasteiger partial charge on any atom is 0.246 e. The number of amides is 1. The summed E-state index contributed by atoms with van der Waals surface area (Å²) in [7, 11) is 0. The number of fused-ring (bicyclic) bond motifs is 1. The number of hydrogen-bond donors (Lipinski definition) is 1. The molecule has 0 radical (unpaired) electrons. The third-order valence-electron chi connectivity index (χ3n) is 4.50. The van der Waals surface area contributed by atoms with Gasteiger partial charge < -0.3 is 5.32 Å². The van der Waals surface area contributed by atoms with Crippen molar-refractivity contribution < 1.29 is 9.18 Å². The fourth-order valence-corrected chi connectivity index (χ4v) is 3.88. The van der Waals surface area contributed by atoms with Crippen molar-refractivity contribution >= 4 is 17.2 Å². The molecule has 0 saturated carbocycles. The standard InChI is InChI=1S/C19H19FN4OS/c20-15-5-3-14(4-6-15)11-23-12-16-7-8-22-24(16)18(13-23)19(25)21-10-17-2-1-9-26-17/h1-9,18H,10-13H2,(H,21,25)/t18-/m0/s1. The van der Waals surface area contributed by atoms with E-state index in [-0.39, 0.29) is 17.8 Å². The Morgan fingerprint density at radius 1 is 1.27 bits per heavy atom. The van der Waals surface area contributed by atoms with Crippen molar-refractivity contribution in [3.8, 4) is 0 Å². The topological polar surface area (TPSA) is 50.2 Å². The molecule has 5 nitrogen and oxygen atoms in total. The molecule has 3 heterocycles. The summed E-state index contributed by atoms with van der Waals surface area (Å²) in [6.07, 6.45) is 1.73. The van der Waals surface area contributed by atoms with Gasteiger partial charge in [0, 0.05) is 30.7 Å². The smallest absolute Gasteiger partial charge is 0.246 e. The number of nitrogens with one attached hydrogen (secondary N) is 1. The molecule has 1 aliphatic rings. The Morgan fingerprint density at radius 3 is 2.88 bits per heavy atom. The molecule has 2 aromatic heterocycles. The van der Waals surface area contributed by atoms with E-state index in [0.29, 0.717) is 26.2 Å². The molecule has 1 N–H and O–H groups in total. The lowest BCUT2D eigenvalue weighted by Crippen LogP contribution is -2.44. The molecular weight excluding hydrogens is 351 g/mol. The fourth-order valence-electron chi connectivity index (χ4n) is 3.23. The minimum atomic E-state index is -0.367. The van der Waals surface area contributed by atoms with Crippen molar-refractivity contribution in [2.24, 2.45) is 0 Å². The van der Waals surface area contributed by atoms with Crippen molar-refractivity contribution in [1.82, 2.24) is 20.0 Å². The van der Waals surface area contributed by atoms with Crippen LogP contribution in [-0.4, -0.2) is 27.1 Å². The van der Waals surface area contributed by atoms with Gasteiger partial charge >= 0.3 is 0 Å². The highest BCUT2D eigenvalue weighted by Crippen LogP contribution is 2.22. The van der Waals surface area contributed by atoms with Gasteiger partial charge in [0.25, 0.3) is 0 Å². The molecule has 0 saturated heterocycles. The van der Waals surface area contributed by atoms with E-state index >= 15 is 0 Å². The van der Waals surface area contributed by atoms with Crippen molar-refractivity contribution in [1.29, 1.82) is 0 Å². The second kappa shape index (κ2) is 7.39. The average molecular weight is 370 g/mol. The van der Waals surface area contributed by atoms with Crippen LogP contribution in [0.4, 0.5) is 4.39 Å². The van der Waals surface area contributed by atoms with Crippen LogP contribution in [0.25, 0.3) is 0 Å². The Bertz CT molecular complexity index is 875. The minimum absolute atomic E-state index is 0.0350. The fraction of sp³-hybridized carbons (Fsp3) is 0.263. The monoisotopic (exact) mass is 370 g/mol. The molecule has 0 unspecified atom stereocenters. The lowest BCUT2D eigenvalue weighted by molar-refractivity contribution is -0.126. The number of hydrogen-bond acceptors (Lipinski definition) is 4. The van der Waals surface area contributed by atoms with Gasteiger partial charge in [0.1, 0.15) is 11.9 Å². The van der Waals surface area contributed by atoms with Gasteiger partial charge in [-0.05, 0) is 35.2 Å². The lowest BCUT2D eigenvalue weighted by atomic mass is 10.1. The molecule has 0 aliphatic carbocycles. The number of aromatic nitrogens is 2. The quantitative estimate of drug-likeness (QED) is 0.751. The number of nitrogens with zero attached hydrogens (tertiary/aromatic N) is 3. The molecule has 134 valence electrons. The zero-order valence-corrected chi connectivity index (χ0v) is 15.0. The first-order chi connectivity index (χ1) is 12.7. The van der Waals surface area contributed by atoms with E-state index in [1.165, 1.54) is 12.1 Å². The van der Waals surface area contributed by atoms with Crippen LogP contribution in [0.1, 0.15) is 22.2 Å². The minimum Gasteiger partial charge on any atom is -0.349 e. The first-order valence-electron chi connectivity index (χ1n) is 8.48. The molecule has 0 bridgehead atoms. The lowest BCUT2D eigenvalue weighted by Gasteiger charge is -2.33. The number of carbonyl (C=O) groups excluding carboxylic acids is 1. The SMILES string of the molecule is O=C(NCc1cccs1)[C@@H]1CN(Cc2ccc(F)cc2)Cc2ccnn21. The van der Waals surface area contributed by atoms with Crippen LogP contribution in [0.3, 0.4) is 0 Å². The van der Waals surface area contributed by atoms with Crippen molar-refractivity contribution in [3.63, 3.8) is 0 Å². The van der Waals surface area contributed by atoms with Gasteiger partial charge in [-0.25, -0.2) is 4.39 Å². The van der Waals surface area contributed by atoms with E-state index < -0.39 is 0 Å². The van der Waals surface area contributed by atoms with E-state index in [1.807, 2.05) is 28.3 Å². The maximum absolute atomic E-state index is 13.1. The predicted molar refractivity (Wildman–Crippen MR) is 97.9 cm³/mol. The van der Waals surface area contributed by atoms with Gasteiger partial charge in [-0.2, -0.15) is 5.10 Å². The van der Waals surface area contributed by atoms with E-state index in [2.05, 4.69) is 15.3 Å². The van der Waals surface area contributed by atoms with Crippen LogP contribution in [-0.2, 0) is 24.4 Å². The van der Waals surface area contributed by atoms with Crippen LogP contribution in [0, 0.1) is 5.82 Å². The van der Waals surface area contributed by atoms with Gasteiger partial charge in [-0.1, -0.05) is 18.2 Å². The van der Waals surface area contributed by atoms with Crippen molar-refractivity contribution in [2.75, 3.05) is 6.54 Å². The van der Waals surface area contributed by atoms with Crippen LogP contribution in [0.2, 0.25) is 0 Å². The maximum atomic E-state index is 13.1.